The number of benzene rings is 1. The molecule has 0 saturated carbocycles. The Morgan fingerprint density at radius 2 is 1.92 bits per heavy atom. The van der Waals surface area contributed by atoms with Crippen molar-refractivity contribution in [2.75, 3.05) is 6.54 Å². The van der Waals surface area contributed by atoms with E-state index in [9.17, 15) is 19.2 Å². The van der Waals surface area contributed by atoms with Crippen LogP contribution in [0, 0.1) is 0 Å². The van der Waals surface area contributed by atoms with Gasteiger partial charge in [0.25, 0.3) is 11.8 Å². The number of fused-ring (bicyclic) bond motifs is 1. The standard InChI is InChI=1S/C17H15N3O4S/c21-13(19-12-9-18-14(12)22)8-17(6-3-7-25-17)20-15(23)10-4-1-2-5-11(10)16(20)24/h1-5,7,12H,6,8-9H2,(H,18,22)(H,19,21). The van der Waals surface area contributed by atoms with E-state index in [-0.39, 0.29) is 30.0 Å². The number of amides is 4. The minimum atomic E-state index is -0.989. The van der Waals surface area contributed by atoms with Gasteiger partial charge in [0, 0.05) is 13.0 Å². The molecule has 1 fully saturated rings. The highest BCUT2D eigenvalue weighted by atomic mass is 32.2. The summed E-state index contributed by atoms with van der Waals surface area (Å²) in [6.45, 7) is 0.399. The second kappa shape index (κ2) is 5.73. The number of nitrogens with zero attached hydrogens (tertiary/aromatic N) is 1. The van der Waals surface area contributed by atoms with Crippen LogP contribution in [0.15, 0.2) is 35.7 Å². The molecule has 0 radical (unpaired) electrons. The predicted octanol–water partition coefficient (Wildman–Crippen LogP) is 0.634. The molecule has 1 aromatic carbocycles. The van der Waals surface area contributed by atoms with Gasteiger partial charge in [0.05, 0.1) is 17.5 Å². The topological polar surface area (TPSA) is 95.6 Å². The van der Waals surface area contributed by atoms with Crippen LogP contribution in [0.2, 0.25) is 0 Å². The van der Waals surface area contributed by atoms with Gasteiger partial charge < -0.3 is 10.6 Å². The summed E-state index contributed by atoms with van der Waals surface area (Å²) in [5.41, 5.74) is 0.719. The van der Waals surface area contributed by atoms with E-state index in [1.807, 2.05) is 6.08 Å². The van der Waals surface area contributed by atoms with Crippen LogP contribution in [-0.2, 0) is 9.59 Å². The number of imide groups is 1. The van der Waals surface area contributed by atoms with Crippen LogP contribution in [0.4, 0.5) is 0 Å². The molecule has 0 aromatic heterocycles. The number of rotatable bonds is 4. The highest BCUT2D eigenvalue weighted by Gasteiger charge is 2.51. The quantitative estimate of drug-likeness (QED) is 0.609. The lowest BCUT2D eigenvalue weighted by Gasteiger charge is -2.36. The third kappa shape index (κ3) is 2.44. The SMILES string of the molecule is O=C(CC1(N2C(=O)c3ccccc3C2=O)CC=CS1)NC1CNC1=O. The summed E-state index contributed by atoms with van der Waals surface area (Å²) in [6, 6.07) is 6.13. The molecule has 0 bridgehead atoms. The van der Waals surface area contributed by atoms with Crippen LogP contribution in [0.1, 0.15) is 33.6 Å². The Kier molecular flexibility index (Phi) is 3.64. The molecule has 2 N–H and O–H groups in total. The van der Waals surface area contributed by atoms with Gasteiger partial charge in [-0.1, -0.05) is 18.2 Å². The lowest BCUT2D eigenvalue weighted by atomic mass is 10.1. The maximum atomic E-state index is 12.8. The number of carbonyl (C=O) groups is 4. The molecule has 1 saturated heterocycles. The number of thioether (sulfide) groups is 1. The van der Waals surface area contributed by atoms with Crippen molar-refractivity contribution in [1.29, 1.82) is 0 Å². The first-order valence-corrected chi connectivity index (χ1v) is 8.78. The first-order valence-electron chi connectivity index (χ1n) is 7.90. The van der Waals surface area contributed by atoms with Gasteiger partial charge in [0.15, 0.2) is 0 Å². The van der Waals surface area contributed by atoms with Gasteiger partial charge in [-0.05, 0) is 17.5 Å². The van der Waals surface area contributed by atoms with E-state index in [4.69, 9.17) is 0 Å². The van der Waals surface area contributed by atoms with Crippen LogP contribution in [0.3, 0.4) is 0 Å². The molecule has 128 valence electrons. The Labute approximate surface area is 147 Å². The summed E-state index contributed by atoms with van der Waals surface area (Å²) in [6.07, 6.45) is 2.19. The van der Waals surface area contributed by atoms with Gasteiger partial charge in [-0.3, -0.25) is 24.1 Å². The van der Waals surface area contributed by atoms with Crippen LogP contribution >= 0.6 is 11.8 Å². The van der Waals surface area contributed by atoms with E-state index in [1.54, 1.807) is 29.7 Å². The monoisotopic (exact) mass is 357 g/mol. The first kappa shape index (κ1) is 15.9. The maximum Gasteiger partial charge on any atom is 0.262 e. The average Bonchev–Trinajstić information content (AvgIpc) is 3.16. The van der Waals surface area contributed by atoms with Crippen molar-refractivity contribution in [3.8, 4) is 0 Å². The smallest absolute Gasteiger partial charge is 0.262 e. The predicted molar refractivity (Wildman–Crippen MR) is 90.6 cm³/mol. The van der Waals surface area contributed by atoms with Gasteiger partial charge in [0.1, 0.15) is 10.9 Å². The third-order valence-corrected chi connectivity index (χ3v) is 5.85. The van der Waals surface area contributed by atoms with Crippen molar-refractivity contribution in [2.45, 2.75) is 23.8 Å². The maximum absolute atomic E-state index is 12.8. The van der Waals surface area contributed by atoms with Gasteiger partial charge in [-0.25, -0.2) is 0 Å². The molecule has 0 spiro atoms. The van der Waals surface area contributed by atoms with Crippen LogP contribution in [0.25, 0.3) is 0 Å². The second-order valence-electron chi connectivity index (χ2n) is 6.17. The zero-order valence-electron chi connectivity index (χ0n) is 13.2. The van der Waals surface area contributed by atoms with Crippen molar-refractivity contribution >= 4 is 35.4 Å². The Bertz CT molecular complexity index is 792. The number of β-lactam (4-membered cyclic amide) rings is 1. The number of carbonyl (C=O) groups excluding carboxylic acids is 4. The molecule has 3 heterocycles. The van der Waals surface area contributed by atoms with Crippen LogP contribution < -0.4 is 10.6 Å². The van der Waals surface area contributed by atoms with E-state index in [2.05, 4.69) is 10.6 Å². The molecule has 4 rings (SSSR count). The van der Waals surface area contributed by atoms with E-state index >= 15 is 0 Å². The molecule has 3 aliphatic heterocycles. The molecule has 2 unspecified atom stereocenters. The average molecular weight is 357 g/mol. The van der Waals surface area contributed by atoms with Gasteiger partial charge >= 0.3 is 0 Å². The van der Waals surface area contributed by atoms with E-state index in [0.29, 0.717) is 24.1 Å². The molecule has 1 aromatic rings. The van der Waals surface area contributed by atoms with Crippen molar-refractivity contribution < 1.29 is 19.2 Å². The Morgan fingerprint density at radius 1 is 1.24 bits per heavy atom. The zero-order valence-corrected chi connectivity index (χ0v) is 14.0. The molecular formula is C17H15N3O4S. The molecule has 25 heavy (non-hydrogen) atoms. The third-order valence-electron chi connectivity index (χ3n) is 4.59. The molecule has 8 heteroatoms. The van der Waals surface area contributed by atoms with Crippen molar-refractivity contribution in [1.82, 2.24) is 15.5 Å². The Balaban J connectivity index is 1.59. The van der Waals surface area contributed by atoms with Crippen LogP contribution in [0.5, 0.6) is 0 Å². The van der Waals surface area contributed by atoms with Crippen molar-refractivity contribution in [2.24, 2.45) is 0 Å². The minimum absolute atomic E-state index is 0.0556. The molecule has 3 aliphatic rings. The molecule has 0 aliphatic carbocycles. The second-order valence-corrected chi connectivity index (χ2v) is 7.44. The van der Waals surface area contributed by atoms with Gasteiger partial charge in [0.2, 0.25) is 11.8 Å². The summed E-state index contributed by atoms with van der Waals surface area (Å²) in [4.78, 5) is 49.5. The Morgan fingerprint density at radius 3 is 2.40 bits per heavy atom. The van der Waals surface area contributed by atoms with Crippen molar-refractivity contribution in [3.63, 3.8) is 0 Å². The Hall–Kier alpha value is -2.61. The molecule has 7 nitrogen and oxygen atoms in total. The fourth-order valence-electron chi connectivity index (χ4n) is 3.25. The molecule has 4 amide bonds. The van der Waals surface area contributed by atoms with Crippen LogP contribution in [-0.4, -0.2) is 46.0 Å². The molecule has 2 atom stereocenters. The minimum Gasteiger partial charge on any atom is -0.352 e. The largest absolute Gasteiger partial charge is 0.352 e. The van der Waals surface area contributed by atoms with E-state index in [1.165, 1.54) is 16.7 Å². The first-order chi connectivity index (χ1) is 12.0. The zero-order chi connectivity index (χ0) is 17.6. The van der Waals surface area contributed by atoms with E-state index in [0.717, 1.165) is 0 Å². The normalized spacial score (nSPS) is 27.1. The number of nitrogens with one attached hydrogen (secondary N) is 2. The summed E-state index contributed by atoms with van der Waals surface area (Å²) in [7, 11) is 0. The summed E-state index contributed by atoms with van der Waals surface area (Å²) >= 11 is 1.29. The summed E-state index contributed by atoms with van der Waals surface area (Å²) in [5, 5.41) is 7.01. The number of hydrogen-bond donors (Lipinski definition) is 2. The van der Waals surface area contributed by atoms with E-state index < -0.39 is 10.9 Å². The lowest BCUT2D eigenvalue weighted by Crippen LogP contribution is -2.62. The summed E-state index contributed by atoms with van der Waals surface area (Å²) in [5.74, 6) is -1.34. The fourth-order valence-corrected chi connectivity index (χ4v) is 4.38. The van der Waals surface area contributed by atoms with Gasteiger partial charge in [-0.15, -0.1) is 11.8 Å². The van der Waals surface area contributed by atoms with Gasteiger partial charge in [-0.2, -0.15) is 0 Å². The highest BCUT2D eigenvalue weighted by Crippen LogP contribution is 2.45. The highest BCUT2D eigenvalue weighted by molar-refractivity contribution is 8.03. The number of hydrogen-bond acceptors (Lipinski definition) is 5. The lowest BCUT2D eigenvalue weighted by molar-refractivity contribution is -0.133. The summed E-state index contributed by atoms with van der Waals surface area (Å²) < 4.78 is 0. The fraction of sp³-hybridized carbons (Fsp3) is 0.294. The van der Waals surface area contributed by atoms with Crippen molar-refractivity contribution in [3.05, 3.63) is 46.9 Å². The molecular weight excluding hydrogens is 342 g/mol.